The van der Waals surface area contributed by atoms with E-state index in [-0.39, 0.29) is 60.3 Å². The quantitative estimate of drug-likeness (QED) is 0.346. The molecule has 12 heteroatoms. The summed E-state index contributed by atoms with van der Waals surface area (Å²) in [5.74, 6) is -2.05. The molecule has 37 heavy (non-hydrogen) atoms. The van der Waals surface area contributed by atoms with E-state index >= 15 is 4.39 Å². The van der Waals surface area contributed by atoms with E-state index in [4.69, 9.17) is 22.1 Å². The van der Waals surface area contributed by atoms with Gasteiger partial charge in [0, 0.05) is 23.9 Å². The van der Waals surface area contributed by atoms with Gasteiger partial charge < -0.3 is 15.6 Å². The van der Waals surface area contributed by atoms with Crippen molar-refractivity contribution in [3.8, 4) is 29.1 Å². The van der Waals surface area contributed by atoms with Crippen LogP contribution in [0.15, 0.2) is 18.2 Å². The maximum atomic E-state index is 16.0. The average molecular weight is 546 g/mol. The van der Waals surface area contributed by atoms with Gasteiger partial charge in [-0.1, -0.05) is 17.7 Å². The second kappa shape index (κ2) is 8.62. The Morgan fingerprint density at radius 1 is 1.35 bits per heavy atom. The van der Waals surface area contributed by atoms with Gasteiger partial charge in [0.15, 0.2) is 5.82 Å². The van der Waals surface area contributed by atoms with Crippen LogP contribution in [0, 0.1) is 23.0 Å². The lowest BCUT2D eigenvalue weighted by atomic mass is 9.95. The second-order valence-corrected chi connectivity index (χ2v) is 10.8. The molecule has 4 heterocycles. The zero-order valence-corrected chi connectivity index (χ0v) is 20.8. The maximum Gasteiger partial charge on any atom is 0.320 e. The molecule has 2 aliphatic heterocycles. The van der Waals surface area contributed by atoms with Crippen molar-refractivity contribution >= 4 is 48.9 Å². The molecule has 0 bridgehead atoms. The molecule has 2 aromatic heterocycles. The summed E-state index contributed by atoms with van der Waals surface area (Å²) in [5.41, 5.74) is 5.22. The van der Waals surface area contributed by atoms with Gasteiger partial charge in [0.25, 0.3) is 0 Å². The van der Waals surface area contributed by atoms with Gasteiger partial charge in [-0.15, -0.1) is 11.3 Å². The first-order chi connectivity index (χ1) is 17.7. The fourth-order valence-electron chi connectivity index (χ4n) is 5.63. The standard InChI is InChI=1S/C25H19ClF3N5O2S/c26-15-6-13-20(19(29)18(15)12-2-3-16(28)21-17(12)14(8-30)22(31)37-21)32-24(33-23(13)35)36-10-25-4-1-5-34(25)9-11(27)7-25/h2-3,6,11H,1,4-5,7,9-10,31H2,(H,32,33,35)/t11-,25+/m1/s1. The number of nitrogens with zero attached hydrogens (tertiary/aromatic N) is 4. The summed E-state index contributed by atoms with van der Waals surface area (Å²) in [5, 5.41) is 20.2. The van der Waals surface area contributed by atoms with E-state index in [1.54, 1.807) is 0 Å². The number of anilines is 1. The third kappa shape index (κ3) is 3.66. The van der Waals surface area contributed by atoms with E-state index in [1.807, 2.05) is 6.07 Å². The Morgan fingerprint density at radius 2 is 2.16 bits per heavy atom. The van der Waals surface area contributed by atoms with Gasteiger partial charge in [-0.05, 0) is 37.1 Å². The Balaban J connectivity index is 1.47. The van der Waals surface area contributed by atoms with Crippen molar-refractivity contribution in [2.75, 3.05) is 25.4 Å². The lowest BCUT2D eigenvalue weighted by Crippen LogP contribution is -2.43. The zero-order valence-electron chi connectivity index (χ0n) is 19.2. The van der Waals surface area contributed by atoms with Gasteiger partial charge in [0.05, 0.1) is 26.2 Å². The van der Waals surface area contributed by atoms with Crippen molar-refractivity contribution in [3.05, 3.63) is 40.4 Å². The number of rotatable bonds is 4. The number of halogens is 4. The van der Waals surface area contributed by atoms with Crippen LogP contribution >= 0.6 is 22.9 Å². The summed E-state index contributed by atoms with van der Waals surface area (Å²) >= 11 is 7.32. The average Bonchev–Trinajstić information content (AvgIpc) is 3.49. The molecule has 4 aromatic rings. The first-order valence-corrected chi connectivity index (χ1v) is 12.7. The van der Waals surface area contributed by atoms with Crippen molar-refractivity contribution in [2.24, 2.45) is 0 Å². The monoisotopic (exact) mass is 545 g/mol. The summed E-state index contributed by atoms with van der Waals surface area (Å²) in [4.78, 5) is 10.2. The number of nitriles is 1. The Bertz CT molecular complexity index is 1640. The van der Waals surface area contributed by atoms with Gasteiger partial charge in [-0.25, -0.2) is 13.2 Å². The molecule has 2 fully saturated rings. The first-order valence-electron chi connectivity index (χ1n) is 11.5. The van der Waals surface area contributed by atoms with Crippen molar-refractivity contribution in [3.63, 3.8) is 0 Å². The van der Waals surface area contributed by atoms with Gasteiger partial charge in [-0.3, -0.25) is 4.90 Å². The number of aromatic nitrogens is 2. The number of thiophene rings is 1. The molecule has 6 rings (SSSR count). The minimum atomic E-state index is -0.950. The molecule has 2 saturated heterocycles. The smallest absolute Gasteiger partial charge is 0.320 e. The lowest BCUT2D eigenvalue weighted by Gasteiger charge is -2.30. The van der Waals surface area contributed by atoms with Crippen molar-refractivity contribution in [1.82, 2.24) is 14.9 Å². The van der Waals surface area contributed by atoms with Crippen LogP contribution < -0.4 is 10.5 Å². The van der Waals surface area contributed by atoms with E-state index in [9.17, 15) is 19.1 Å². The Labute approximate surface area is 217 Å². The van der Waals surface area contributed by atoms with Crippen LogP contribution in [0.2, 0.25) is 5.02 Å². The predicted molar refractivity (Wildman–Crippen MR) is 135 cm³/mol. The van der Waals surface area contributed by atoms with Crippen molar-refractivity contribution < 1.29 is 23.0 Å². The largest absolute Gasteiger partial charge is 0.493 e. The SMILES string of the molecule is N#Cc1c(N)sc2c(F)ccc(-c3c(Cl)cc4c(O)nc(OC[C@@]56CCCN5C[C@H](F)C6)nc4c3F)c12. The molecular weight excluding hydrogens is 527 g/mol. The molecule has 0 saturated carbocycles. The van der Waals surface area contributed by atoms with Crippen LogP contribution in [0.4, 0.5) is 18.2 Å². The first kappa shape index (κ1) is 24.0. The summed E-state index contributed by atoms with van der Waals surface area (Å²) in [6.45, 7) is 1.21. The van der Waals surface area contributed by atoms with Gasteiger partial charge in [-0.2, -0.15) is 15.2 Å². The number of hydrogen-bond donors (Lipinski definition) is 2. The van der Waals surface area contributed by atoms with E-state index in [0.717, 1.165) is 36.8 Å². The van der Waals surface area contributed by atoms with E-state index in [1.165, 1.54) is 12.1 Å². The molecule has 190 valence electrons. The van der Waals surface area contributed by atoms with Crippen LogP contribution in [0.25, 0.3) is 32.1 Å². The molecular formula is C25H19ClF3N5O2S. The number of nitrogen functional groups attached to an aromatic ring is 1. The minimum absolute atomic E-state index is 0.0164. The Hall–Kier alpha value is -3.33. The topological polar surface area (TPSA) is 108 Å². The van der Waals surface area contributed by atoms with E-state index in [0.29, 0.717) is 13.0 Å². The molecule has 0 unspecified atom stereocenters. The fourth-order valence-corrected chi connectivity index (χ4v) is 6.87. The molecule has 2 aliphatic rings. The highest BCUT2D eigenvalue weighted by molar-refractivity contribution is 7.23. The number of benzene rings is 2. The van der Waals surface area contributed by atoms with Crippen LogP contribution in [0.5, 0.6) is 11.9 Å². The van der Waals surface area contributed by atoms with Crippen LogP contribution in [-0.4, -0.2) is 51.4 Å². The summed E-state index contributed by atoms with van der Waals surface area (Å²) in [6.07, 6.45) is 1.05. The predicted octanol–water partition coefficient (Wildman–Crippen LogP) is 5.56. The molecule has 2 atom stereocenters. The lowest BCUT2D eigenvalue weighted by molar-refractivity contribution is 0.107. The molecule has 0 spiro atoms. The van der Waals surface area contributed by atoms with Gasteiger partial charge in [0.2, 0.25) is 5.88 Å². The number of aromatic hydroxyl groups is 1. The van der Waals surface area contributed by atoms with Gasteiger partial charge >= 0.3 is 6.01 Å². The van der Waals surface area contributed by atoms with Crippen LogP contribution in [0.1, 0.15) is 24.8 Å². The highest BCUT2D eigenvalue weighted by Crippen LogP contribution is 2.46. The number of fused-ring (bicyclic) bond motifs is 3. The second-order valence-electron chi connectivity index (χ2n) is 9.39. The fraction of sp³-hybridized carbons (Fsp3) is 0.320. The highest BCUT2D eigenvalue weighted by atomic mass is 35.5. The summed E-state index contributed by atoms with van der Waals surface area (Å²) < 4.78 is 50.6. The van der Waals surface area contributed by atoms with E-state index < -0.39 is 29.2 Å². The van der Waals surface area contributed by atoms with Crippen LogP contribution in [0.3, 0.4) is 0 Å². The number of alkyl halides is 1. The summed E-state index contributed by atoms with van der Waals surface area (Å²) in [6, 6.07) is 5.45. The zero-order chi connectivity index (χ0) is 26.1. The summed E-state index contributed by atoms with van der Waals surface area (Å²) in [7, 11) is 0. The maximum absolute atomic E-state index is 16.0. The van der Waals surface area contributed by atoms with E-state index in [2.05, 4.69) is 14.9 Å². The third-order valence-corrected chi connectivity index (χ3v) is 8.60. The number of ether oxygens (including phenoxy) is 1. The van der Waals surface area contributed by atoms with Crippen LogP contribution in [-0.2, 0) is 0 Å². The molecule has 0 aliphatic carbocycles. The number of nitrogens with two attached hydrogens (primary N) is 1. The minimum Gasteiger partial charge on any atom is -0.493 e. The van der Waals surface area contributed by atoms with Crippen molar-refractivity contribution in [1.29, 1.82) is 5.26 Å². The van der Waals surface area contributed by atoms with Gasteiger partial charge in [0.1, 0.15) is 35.2 Å². The molecule has 7 nitrogen and oxygen atoms in total. The van der Waals surface area contributed by atoms with Crippen molar-refractivity contribution in [2.45, 2.75) is 31.0 Å². The number of hydrogen-bond acceptors (Lipinski definition) is 8. The highest BCUT2D eigenvalue weighted by Gasteiger charge is 2.49. The normalized spacial score (nSPS) is 21.5. The third-order valence-electron chi connectivity index (χ3n) is 7.27. The molecule has 3 N–H and O–H groups in total. The molecule has 0 amide bonds. The Morgan fingerprint density at radius 3 is 2.95 bits per heavy atom. The Kier molecular flexibility index (Phi) is 5.60. The molecule has 2 aromatic carbocycles. The molecule has 0 radical (unpaired) electrons.